The maximum Gasteiger partial charge on any atom is 0.235 e. The molecule has 0 radical (unpaired) electrons. The second kappa shape index (κ2) is 4.11. The van der Waals surface area contributed by atoms with Gasteiger partial charge >= 0.3 is 0 Å². The van der Waals surface area contributed by atoms with Gasteiger partial charge in [0.25, 0.3) is 0 Å². The highest BCUT2D eigenvalue weighted by Crippen LogP contribution is 2.27. The summed E-state index contributed by atoms with van der Waals surface area (Å²) in [7, 11) is 0. The fraction of sp³-hybridized carbons (Fsp3) is 0.333. The molecule has 3 aromatic heterocycles. The Bertz CT molecular complexity index is 655. The number of aromatic nitrogens is 5. The average molecular weight is 267 g/mol. The third kappa shape index (κ3) is 1.83. The Morgan fingerprint density at radius 3 is 3.06 bits per heavy atom. The summed E-state index contributed by atoms with van der Waals surface area (Å²) < 4.78 is 6.78. The molecule has 88 valence electrons. The Morgan fingerprint density at radius 2 is 2.35 bits per heavy atom. The van der Waals surface area contributed by atoms with Crippen molar-refractivity contribution in [2.24, 2.45) is 0 Å². The lowest BCUT2D eigenvalue weighted by atomic mass is 10.4. The van der Waals surface area contributed by atoms with Crippen LogP contribution in [0.2, 0.25) is 0 Å². The molecule has 0 saturated carbocycles. The molecular formula is C9H9N5OS2. The predicted octanol–water partition coefficient (Wildman–Crippen LogP) is 2.26. The number of hydrogen-bond acceptors (Lipinski definition) is 7. The zero-order valence-electron chi connectivity index (χ0n) is 9.25. The van der Waals surface area contributed by atoms with Gasteiger partial charge in [0.2, 0.25) is 10.1 Å². The Hall–Kier alpha value is -1.41. The summed E-state index contributed by atoms with van der Waals surface area (Å²) in [5.74, 6) is 1.71. The number of fused-ring (bicyclic) bond motifs is 1. The molecular weight excluding hydrogens is 258 g/mol. The second-order valence-corrected chi connectivity index (χ2v) is 5.53. The minimum atomic E-state index is 0.741. The van der Waals surface area contributed by atoms with Gasteiger partial charge in [-0.05, 0) is 12.7 Å². The van der Waals surface area contributed by atoms with Crippen LogP contribution in [0, 0.1) is 6.92 Å². The van der Waals surface area contributed by atoms with Gasteiger partial charge in [-0.3, -0.25) is 0 Å². The predicted molar refractivity (Wildman–Crippen MR) is 65.3 cm³/mol. The van der Waals surface area contributed by atoms with Gasteiger partial charge in [-0.15, -0.1) is 10.2 Å². The molecule has 0 aromatic carbocycles. The maximum absolute atomic E-state index is 5.04. The van der Waals surface area contributed by atoms with Gasteiger partial charge in [-0.2, -0.15) is 9.61 Å². The average Bonchev–Trinajstić information content (AvgIpc) is 2.95. The zero-order valence-corrected chi connectivity index (χ0v) is 10.9. The Balaban J connectivity index is 2.07. The van der Waals surface area contributed by atoms with Crippen molar-refractivity contribution in [1.82, 2.24) is 25.0 Å². The molecule has 0 aliphatic carbocycles. The molecule has 0 saturated heterocycles. The first-order valence-corrected chi connectivity index (χ1v) is 6.87. The summed E-state index contributed by atoms with van der Waals surface area (Å²) in [5.41, 5.74) is 0.741. The summed E-state index contributed by atoms with van der Waals surface area (Å²) in [6, 6.07) is 1.86. The van der Waals surface area contributed by atoms with Crippen molar-refractivity contribution in [3.63, 3.8) is 0 Å². The molecule has 0 bridgehead atoms. The minimum absolute atomic E-state index is 0.741. The minimum Gasteiger partial charge on any atom is -0.361 e. The highest BCUT2D eigenvalue weighted by molar-refractivity contribution is 7.99. The summed E-state index contributed by atoms with van der Waals surface area (Å²) >= 11 is 3.07. The van der Waals surface area contributed by atoms with Crippen molar-refractivity contribution >= 4 is 28.1 Å². The van der Waals surface area contributed by atoms with E-state index in [1.165, 1.54) is 11.3 Å². The Morgan fingerprint density at radius 1 is 1.47 bits per heavy atom. The summed E-state index contributed by atoms with van der Waals surface area (Å²) in [4.78, 5) is 0.775. The first kappa shape index (κ1) is 10.7. The van der Waals surface area contributed by atoms with Crippen LogP contribution in [0.5, 0.6) is 0 Å². The van der Waals surface area contributed by atoms with E-state index in [9.17, 15) is 0 Å². The van der Waals surface area contributed by atoms with Crippen LogP contribution in [0.4, 0.5) is 0 Å². The van der Waals surface area contributed by atoms with E-state index in [0.717, 1.165) is 32.3 Å². The van der Waals surface area contributed by atoms with E-state index in [0.29, 0.717) is 0 Å². The molecule has 3 heterocycles. The van der Waals surface area contributed by atoms with E-state index in [4.69, 9.17) is 4.52 Å². The van der Waals surface area contributed by atoms with Crippen LogP contribution in [0.25, 0.3) is 15.7 Å². The molecule has 0 aliphatic heterocycles. The Kier molecular flexibility index (Phi) is 2.60. The molecule has 3 rings (SSSR count). The smallest absolute Gasteiger partial charge is 0.235 e. The topological polar surface area (TPSA) is 69.1 Å². The van der Waals surface area contributed by atoms with Crippen molar-refractivity contribution in [2.45, 2.75) is 19.0 Å². The molecule has 0 atom stereocenters. The van der Waals surface area contributed by atoms with Crippen LogP contribution in [0.15, 0.2) is 15.7 Å². The maximum atomic E-state index is 5.04. The van der Waals surface area contributed by atoms with Crippen molar-refractivity contribution < 1.29 is 4.52 Å². The van der Waals surface area contributed by atoms with Gasteiger partial charge in [0, 0.05) is 6.07 Å². The third-order valence-electron chi connectivity index (χ3n) is 2.08. The van der Waals surface area contributed by atoms with Gasteiger partial charge in [-0.25, -0.2) is 0 Å². The number of aryl methyl sites for hydroxylation is 1. The summed E-state index contributed by atoms with van der Waals surface area (Å²) in [6.07, 6.45) is 0. The van der Waals surface area contributed by atoms with Crippen molar-refractivity contribution in [3.8, 4) is 10.7 Å². The van der Waals surface area contributed by atoms with Crippen LogP contribution < -0.4 is 0 Å². The number of thioether (sulfide) groups is 1. The van der Waals surface area contributed by atoms with E-state index in [2.05, 4.69) is 27.4 Å². The summed E-state index contributed by atoms with van der Waals surface area (Å²) in [6.45, 7) is 3.93. The van der Waals surface area contributed by atoms with E-state index >= 15 is 0 Å². The first-order valence-electron chi connectivity index (χ1n) is 5.06. The van der Waals surface area contributed by atoms with E-state index in [1.807, 2.05) is 13.0 Å². The monoisotopic (exact) mass is 267 g/mol. The van der Waals surface area contributed by atoms with Crippen molar-refractivity contribution in [1.29, 1.82) is 0 Å². The summed E-state index contributed by atoms with van der Waals surface area (Å²) in [5, 5.41) is 18.1. The lowest BCUT2D eigenvalue weighted by Gasteiger charge is -1.89. The van der Waals surface area contributed by atoms with Gasteiger partial charge in [-0.1, -0.05) is 35.2 Å². The molecule has 8 heteroatoms. The molecule has 0 fully saturated rings. The molecule has 17 heavy (non-hydrogen) atoms. The molecule has 0 unspecified atom stereocenters. The number of nitrogens with zero attached hydrogens (tertiary/aromatic N) is 5. The third-order valence-corrected chi connectivity index (χ3v) is 3.81. The van der Waals surface area contributed by atoms with E-state index < -0.39 is 0 Å². The normalized spacial score (nSPS) is 11.4. The van der Waals surface area contributed by atoms with Crippen LogP contribution in [-0.2, 0) is 0 Å². The van der Waals surface area contributed by atoms with Gasteiger partial charge in [0.05, 0.1) is 0 Å². The molecule has 0 N–H and O–H groups in total. The van der Waals surface area contributed by atoms with Gasteiger partial charge < -0.3 is 4.52 Å². The molecule has 0 aliphatic rings. The van der Waals surface area contributed by atoms with Crippen LogP contribution in [-0.4, -0.2) is 30.7 Å². The van der Waals surface area contributed by atoms with E-state index in [-0.39, 0.29) is 0 Å². The highest BCUT2D eigenvalue weighted by Gasteiger charge is 2.14. The van der Waals surface area contributed by atoms with Gasteiger partial charge in [0.1, 0.15) is 11.5 Å². The fourth-order valence-corrected chi connectivity index (χ4v) is 2.84. The lowest BCUT2D eigenvalue weighted by molar-refractivity contribution is 0.399. The standard InChI is InChI=1S/C9H9N5OS2/c1-3-16-8-10-11-9-14(8)12-7(17-9)6-4-5(2)15-13-6/h4H,3H2,1-2H3. The molecule has 3 aromatic rings. The van der Waals surface area contributed by atoms with Crippen LogP contribution in [0.1, 0.15) is 12.7 Å². The fourth-order valence-electron chi connectivity index (χ4n) is 1.39. The molecule has 0 spiro atoms. The second-order valence-electron chi connectivity index (χ2n) is 3.34. The number of hydrogen-bond donors (Lipinski definition) is 0. The highest BCUT2D eigenvalue weighted by atomic mass is 32.2. The van der Waals surface area contributed by atoms with Crippen molar-refractivity contribution in [2.75, 3.05) is 5.75 Å². The van der Waals surface area contributed by atoms with Gasteiger partial charge in [0.15, 0.2) is 5.01 Å². The SMILES string of the molecule is CCSc1nnc2sc(-c3cc(C)on3)nn12. The van der Waals surface area contributed by atoms with Crippen LogP contribution in [0.3, 0.4) is 0 Å². The quantitative estimate of drug-likeness (QED) is 0.678. The lowest BCUT2D eigenvalue weighted by Crippen LogP contribution is -1.88. The van der Waals surface area contributed by atoms with E-state index in [1.54, 1.807) is 16.3 Å². The zero-order chi connectivity index (χ0) is 11.8. The largest absolute Gasteiger partial charge is 0.361 e. The molecule has 0 amide bonds. The first-order chi connectivity index (χ1) is 8.28. The number of rotatable bonds is 3. The van der Waals surface area contributed by atoms with Crippen molar-refractivity contribution in [3.05, 3.63) is 11.8 Å². The molecule has 6 nitrogen and oxygen atoms in total. The Labute approximate surface area is 105 Å². The van der Waals surface area contributed by atoms with Crippen LogP contribution >= 0.6 is 23.1 Å².